The van der Waals surface area contributed by atoms with Gasteiger partial charge in [0.2, 0.25) is 0 Å². The summed E-state index contributed by atoms with van der Waals surface area (Å²) in [6.07, 6.45) is 0. The highest BCUT2D eigenvalue weighted by atomic mass is 32.1. The monoisotopic (exact) mass is 466 g/mol. The first kappa shape index (κ1) is 19.9. The summed E-state index contributed by atoms with van der Waals surface area (Å²) in [6.45, 7) is 0. The molecule has 0 aliphatic heterocycles. The van der Waals surface area contributed by atoms with Crippen molar-refractivity contribution in [3.63, 3.8) is 0 Å². The number of aromatic hydroxyl groups is 1. The van der Waals surface area contributed by atoms with Crippen LogP contribution < -0.4 is 4.74 Å². The molecular weight excluding hydrogens is 448 g/mol. The summed E-state index contributed by atoms with van der Waals surface area (Å²) < 4.78 is 7.76. The summed E-state index contributed by atoms with van der Waals surface area (Å²) in [4.78, 5) is 9.97. The maximum atomic E-state index is 10.4. The molecule has 0 saturated carbocycles. The molecular formula is C27H18N2O2S2. The van der Waals surface area contributed by atoms with Crippen molar-refractivity contribution in [2.24, 2.45) is 0 Å². The molecule has 0 atom stereocenters. The number of nitrogens with zero attached hydrogens (tertiary/aromatic N) is 2. The lowest BCUT2D eigenvalue weighted by molar-refractivity contribution is 0.416. The molecule has 0 amide bonds. The summed E-state index contributed by atoms with van der Waals surface area (Å²) in [5.74, 6) is 1.08. The third-order valence-corrected chi connectivity index (χ3v) is 7.80. The Bertz CT molecular complexity index is 1630. The summed E-state index contributed by atoms with van der Waals surface area (Å²) in [5.41, 5.74) is 5.59. The number of rotatable bonds is 4. The second-order valence-corrected chi connectivity index (χ2v) is 9.62. The number of phenolic OH excluding ortho intramolecular Hbond substituents is 1. The predicted molar refractivity (Wildman–Crippen MR) is 137 cm³/mol. The van der Waals surface area contributed by atoms with Crippen molar-refractivity contribution < 1.29 is 9.84 Å². The molecule has 33 heavy (non-hydrogen) atoms. The average Bonchev–Trinajstić information content (AvgIpc) is 3.48. The van der Waals surface area contributed by atoms with Crippen molar-refractivity contribution in [3.05, 3.63) is 84.9 Å². The molecule has 160 valence electrons. The molecule has 0 aliphatic rings. The van der Waals surface area contributed by atoms with E-state index in [9.17, 15) is 5.11 Å². The van der Waals surface area contributed by atoms with E-state index < -0.39 is 0 Å². The van der Waals surface area contributed by atoms with Crippen LogP contribution in [0.25, 0.3) is 52.7 Å². The van der Waals surface area contributed by atoms with Gasteiger partial charge in [-0.25, -0.2) is 9.97 Å². The lowest BCUT2D eigenvalue weighted by Gasteiger charge is -2.08. The Hall–Kier alpha value is -3.74. The molecule has 2 heterocycles. The number of hydrogen-bond acceptors (Lipinski definition) is 6. The molecule has 2 aromatic heterocycles. The van der Waals surface area contributed by atoms with Crippen molar-refractivity contribution in [3.8, 4) is 43.8 Å². The topological polar surface area (TPSA) is 55.2 Å². The van der Waals surface area contributed by atoms with Gasteiger partial charge in [0.05, 0.1) is 27.5 Å². The predicted octanol–water partition coefficient (Wildman–Crippen LogP) is 7.62. The zero-order valence-corrected chi connectivity index (χ0v) is 19.3. The van der Waals surface area contributed by atoms with E-state index in [0.29, 0.717) is 0 Å². The molecule has 6 rings (SSSR count). The Morgan fingerprint density at radius 3 is 1.73 bits per heavy atom. The van der Waals surface area contributed by atoms with E-state index in [1.165, 1.54) is 0 Å². The Labute approximate surface area is 198 Å². The van der Waals surface area contributed by atoms with Crippen LogP contribution in [0.2, 0.25) is 0 Å². The zero-order chi connectivity index (χ0) is 22.4. The van der Waals surface area contributed by atoms with Crippen molar-refractivity contribution in [1.29, 1.82) is 0 Å². The first-order chi connectivity index (χ1) is 16.2. The molecule has 0 saturated heterocycles. The van der Waals surface area contributed by atoms with E-state index >= 15 is 0 Å². The number of benzene rings is 4. The quantitative estimate of drug-likeness (QED) is 0.290. The number of phenols is 1. The van der Waals surface area contributed by atoms with Crippen molar-refractivity contribution in [1.82, 2.24) is 9.97 Å². The van der Waals surface area contributed by atoms with Gasteiger partial charge in [0.1, 0.15) is 11.5 Å². The normalized spacial score (nSPS) is 11.3. The van der Waals surface area contributed by atoms with Crippen LogP contribution in [0.4, 0.5) is 0 Å². The molecule has 0 bridgehead atoms. The molecule has 4 aromatic carbocycles. The number of para-hydroxylation sites is 4. The molecule has 1 N–H and O–H groups in total. The summed E-state index contributed by atoms with van der Waals surface area (Å²) in [7, 11) is 1.69. The summed E-state index contributed by atoms with van der Waals surface area (Å²) in [6, 6.07) is 27.7. The summed E-state index contributed by atoms with van der Waals surface area (Å²) >= 11 is 3.26. The van der Waals surface area contributed by atoms with E-state index in [2.05, 4.69) is 30.3 Å². The van der Waals surface area contributed by atoms with E-state index in [1.807, 2.05) is 48.5 Å². The first-order valence-electron chi connectivity index (χ1n) is 10.4. The fourth-order valence-corrected chi connectivity index (χ4v) is 6.09. The van der Waals surface area contributed by atoms with E-state index in [-0.39, 0.29) is 5.75 Å². The van der Waals surface area contributed by atoms with E-state index in [0.717, 1.165) is 58.5 Å². The molecule has 0 radical (unpaired) electrons. The number of aromatic nitrogens is 2. The third kappa shape index (κ3) is 3.35. The number of thiazole rings is 2. The van der Waals surface area contributed by atoms with Gasteiger partial charge in [-0.2, -0.15) is 0 Å². The Kier molecular flexibility index (Phi) is 4.82. The maximum absolute atomic E-state index is 10.4. The minimum Gasteiger partial charge on any atom is -0.507 e. The van der Waals surface area contributed by atoms with Gasteiger partial charge < -0.3 is 9.84 Å². The molecule has 4 nitrogen and oxygen atoms in total. The Morgan fingerprint density at radius 2 is 1.12 bits per heavy atom. The highest BCUT2D eigenvalue weighted by Gasteiger charge is 2.18. The molecule has 0 unspecified atom stereocenters. The van der Waals surface area contributed by atoms with Gasteiger partial charge in [-0.15, -0.1) is 22.7 Å². The second-order valence-electron chi connectivity index (χ2n) is 7.56. The SMILES string of the molecule is COc1ccccc1-c1cccc2sc(-c3nc4c(-c5ccccc5O)cccc4s3)nc12. The smallest absolute Gasteiger partial charge is 0.153 e. The van der Waals surface area contributed by atoms with Gasteiger partial charge in [-0.3, -0.25) is 0 Å². The largest absolute Gasteiger partial charge is 0.507 e. The van der Waals surface area contributed by atoms with Crippen LogP contribution in [0, 0.1) is 0 Å². The van der Waals surface area contributed by atoms with Crippen LogP contribution in [-0.4, -0.2) is 22.2 Å². The highest BCUT2D eigenvalue weighted by molar-refractivity contribution is 7.27. The van der Waals surface area contributed by atoms with Gasteiger partial charge in [-0.05, 0) is 24.3 Å². The molecule has 0 spiro atoms. The van der Waals surface area contributed by atoms with Crippen LogP contribution in [0.5, 0.6) is 11.5 Å². The van der Waals surface area contributed by atoms with Gasteiger partial charge >= 0.3 is 0 Å². The number of hydrogen-bond donors (Lipinski definition) is 1. The number of ether oxygens (including phenoxy) is 1. The highest BCUT2D eigenvalue weighted by Crippen LogP contribution is 2.42. The van der Waals surface area contributed by atoms with Crippen LogP contribution in [0.15, 0.2) is 84.9 Å². The van der Waals surface area contributed by atoms with E-state index in [1.54, 1.807) is 35.8 Å². The van der Waals surface area contributed by atoms with Crippen molar-refractivity contribution >= 4 is 43.1 Å². The minimum atomic E-state index is 0.251. The fourth-order valence-electron chi connectivity index (χ4n) is 4.08. The minimum absolute atomic E-state index is 0.251. The lowest BCUT2D eigenvalue weighted by atomic mass is 10.0. The van der Waals surface area contributed by atoms with Gasteiger partial charge in [0.25, 0.3) is 0 Å². The molecule has 0 aliphatic carbocycles. The maximum Gasteiger partial charge on any atom is 0.153 e. The number of fused-ring (bicyclic) bond motifs is 2. The first-order valence-corrected chi connectivity index (χ1v) is 12.1. The van der Waals surface area contributed by atoms with E-state index in [4.69, 9.17) is 14.7 Å². The lowest BCUT2D eigenvalue weighted by Crippen LogP contribution is -1.88. The summed E-state index contributed by atoms with van der Waals surface area (Å²) in [5, 5.41) is 12.1. The fraction of sp³-hybridized carbons (Fsp3) is 0.0370. The third-order valence-electron chi connectivity index (χ3n) is 5.61. The van der Waals surface area contributed by atoms with Gasteiger partial charge in [0.15, 0.2) is 10.0 Å². The van der Waals surface area contributed by atoms with Crippen LogP contribution in [0.1, 0.15) is 0 Å². The Morgan fingerprint density at radius 1 is 0.606 bits per heavy atom. The van der Waals surface area contributed by atoms with Crippen LogP contribution in [-0.2, 0) is 0 Å². The molecule has 6 heteroatoms. The van der Waals surface area contributed by atoms with Crippen molar-refractivity contribution in [2.45, 2.75) is 0 Å². The molecule has 0 fully saturated rings. The number of methoxy groups -OCH3 is 1. The van der Waals surface area contributed by atoms with Crippen LogP contribution in [0.3, 0.4) is 0 Å². The average molecular weight is 467 g/mol. The van der Waals surface area contributed by atoms with Crippen molar-refractivity contribution in [2.75, 3.05) is 7.11 Å². The second kappa shape index (κ2) is 7.99. The zero-order valence-electron chi connectivity index (χ0n) is 17.6. The van der Waals surface area contributed by atoms with Gasteiger partial charge in [0, 0.05) is 22.3 Å². The van der Waals surface area contributed by atoms with Gasteiger partial charge in [-0.1, -0.05) is 60.7 Å². The molecule has 6 aromatic rings. The van der Waals surface area contributed by atoms with Crippen LogP contribution >= 0.6 is 22.7 Å². The standard InChI is InChI=1S/C27H18N2O2S2/c1-31-21-13-5-3-9-17(21)19-11-7-15-23-25(19)29-27(33-23)26-28-24-18(10-6-14-22(24)32-26)16-8-2-4-12-20(16)30/h2-15,30H,1H3. The Balaban J connectivity index is 1.51.